The van der Waals surface area contributed by atoms with Crippen LogP contribution < -0.4 is 14.8 Å². The molecule has 2 aliphatic rings. The van der Waals surface area contributed by atoms with E-state index in [9.17, 15) is 15.0 Å². The molecule has 358 valence electrons. The number of rotatable bonds is 21. The van der Waals surface area contributed by atoms with Crippen molar-refractivity contribution in [3.8, 4) is 11.5 Å². The Morgan fingerprint density at radius 3 is 1.60 bits per heavy atom. The highest BCUT2D eigenvalue weighted by Crippen LogP contribution is 2.35. The molecule has 5 aromatic carbocycles. The van der Waals surface area contributed by atoms with Gasteiger partial charge in [-0.2, -0.15) is 0 Å². The number of ether oxygens (including phenoxy) is 10. The molecule has 0 aliphatic carbocycles. The van der Waals surface area contributed by atoms with Crippen LogP contribution in [0.1, 0.15) is 22.3 Å². The van der Waals surface area contributed by atoms with Crippen LogP contribution in [0.2, 0.25) is 0 Å². The number of nitrogens with one attached hydrogen (secondary N) is 1. The van der Waals surface area contributed by atoms with Gasteiger partial charge in [-0.05, 0) is 46.5 Å². The topological polar surface area (TPSA) is 162 Å². The molecular weight excluding hydrogens is 929 g/mol. The van der Waals surface area contributed by atoms with Crippen molar-refractivity contribution >= 4 is 40.9 Å². The summed E-state index contributed by atoms with van der Waals surface area (Å²) in [4.78, 5) is 13.7. The first-order valence-corrected chi connectivity index (χ1v) is 22.8. The van der Waals surface area contributed by atoms with E-state index in [1.54, 1.807) is 31.4 Å². The summed E-state index contributed by atoms with van der Waals surface area (Å²) in [6, 6.07) is 43.3. The van der Waals surface area contributed by atoms with Crippen LogP contribution in [-0.2, 0) is 64.3 Å². The SMILES string of the molecule is COc1ccc(O[C@@H]2O[C@H](COCc3ccccc3)[C@@H](O[C@@H]3O[C@H](CO)[C@@H](OCc4ccccc4)[C@H](O)[C@@H]3OCc3ccccc3)[C@H](OCc3ccccc3)[C@H]2NC(=O)OCC(Cl)(Cl)Cl)cc1. The molecule has 2 saturated heterocycles. The van der Waals surface area contributed by atoms with E-state index < -0.39 is 84.4 Å². The van der Waals surface area contributed by atoms with E-state index in [1.807, 2.05) is 121 Å². The molecule has 2 aliphatic heterocycles. The lowest BCUT2D eigenvalue weighted by Gasteiger charge is -2.49. The smallest absolute Gasteiger partial charge is 0.407 e. The van der Waals surface area contributed by atoms with Gasteiger partial charge in [-0.1, -0.05) is 156 Å². The largest absolute Gasteiger partial charge is 0.497 e. The highest BCUT2D eigenvalue weighted by atomic mass is 35.6. The number of methoxy groups -OCH3 is 1. The highest BCUT2D eigenvalue weighted by Gasteiger charge is 2.54. The first-order chi connectivity index (χ1) is 32.6. The number of benzene rings is 5. The Labute approximate surface area is 404 Å². The van der Waals surface area contributed by atoms with Crippen molar-refractivity contribution in [2.75, 3.05) is 26.9 Å². The first kappa shape index (κ1) is 50.4. The third-order valence-electron chi connectivity index (χ3n) is 10.9. The number of halogens is 3. The lowest BCUT2D eigenvalue weighted by atomic mass is 9.95. The average Bonchev–Trinajstić information content (AvgIpc) is 3.34. The van der Waals surface area contributed by atoms with Gasteiger partial charge < -0.3 is 62.9 Å². The van der Waals surface area contributed by atoms with Crippen LogP contribution in [-0.4, -0.2) is 108 Å². The second-order valence-electron chi connectivity index (χ2n) is 15.8. The number of alkyl halides is 3. The predicted octanol–water partition coefficient (Wildman–Crippen LogP) is 7.70. The lowest BCUT2D eigenvalue weighted by Crippen LogP contribution is -2.69. The Morgan fingerprint density at radius 1 is 0.612 bits per heavy atom. The number of aliphatic hydroxyl groups is 2. The van der Waals surface area contributed by atoms with Gasteiger partial charge in [0.05, 0.1) is 46.8 Å². The molecule has 0 bridgehead atoms. The van der Waals surface area contributed by atoms with Crippen LogP contribution in [0.25, 0.3) is 0 Å². The number of amides is 1. The quantitative estimate of drug-likeness (QED) is 0.0615. The second kappa shape index (κ2) is 25.2. The predicted molar refractivity (Wildman–Crippen MR) is 249 cm³/mol. The van der Waals surface area contributed by atoms with Gasteiger partial charge in [-0.25, -0.2) is 4.79 Å². The van der Waals surface area contributed by atoms with Crippen molar-refractivity contribution in [3.05, 3.63) is 168 Å². The molecule has 0 saturated carbocycles. The molecule has 2 heterocycles. The molecule has 5 aromatic rings. The van der Waals surface area contributed by atoms with E-state index in [-0.39, 0.29) is 33.0 Å². The molecular formula is C50H54Cl3NO13. The Hall–Kier alpha value is -4.52. The Morgan fingerprint density at radius 2 is 1.09 bits per heavy atom. The van der Waals surface area contributed by atoms with Crippen LogP contribution in [0.15, 0.2) is 146 Å². The minimum absolute atomic E-state index is 0.0242. The number of hydrogen-bond donors (Lipinski definition) is 3. The van der Waals surface area contributed by atoms with Gasteiger partial charge in [-0.15, -0.1) is 0 Å². The highest BCUT2D eigenvalue weighted by molar-refractivity contribution is 6.67. The van der Waals surface area contributed by atoms with Crippen LogP contribution in [0.3, 0.4) is 0 Å². The Bertz CT molecular complexity index is 2200. The van der Waals surface area contributed by atoms with Crippen LogP contribution in [0, 0.1) is 0 Å². The molecule has 14 nitrogen and oxygen atoms in total. The van der Waals surface area contributed by atoms with Crippen molar-refractivity contribution in [2.45, 2.75) is 91.6 Å². The molecule has 0 unspecified atom stereocenters. The number of carbonyl (C=O) groups is 1. The van der Waals surface area contributed by atoms with Gasteiger partial charge in [0.25, 0.3) is 0 Å². The van der Waals surface area contributed by atoms with E-state index in [0.717, 1.165) is 22.3 Å². The maximum Gasteiger partial charge on any atom is 0.407 e. The van der Waals surface area contributed by atoms with Crippen molar-refractivity contribution in [2.24, 2.45) is 0 Å². The number of aliphatic hydroxyl groups excluding tert-OH is 2. The summed E-state index contributed by atoms with van der Waals surface area (Å²) in [5.41, 5.74) is 3.35. The van der Waals surface area contributed by atoms with Crippen molar-refractivity contribution in [1.29, 1.82) is 0 Å². The van der Waals surface area contributed by atoms with Gasteiger partial charge in [0.15, 0.2) is 6.29 Å². The van der Waals surface area contributed by atoms with Crippen molar-refractivity contribution in [3.63, 3.8) is 0 Å². The van der Waals surface area contributed by atoms with E-state index in [0.29, 0.717) is 11.5 Å². The third kappa shape index (κ3) is 15.0. The molecule has 0 radical (unpaired) electrons. The molecule has 67 heavy (non-hydrogen) atoms. The Kier molecular flexibility index (Phi) is 18.9. The lowest BCUT2D eigenvalue weighted by molar-refractivity contribution is -0.357. The zero-order valence-corrected chi connectivity index (χ0v) is 38.9. The summed E-state index contributed by atoms with van der Waals surface area (Å²) in [7, 11) is 1.55. The average molecular weight is 983 g/mol. The van der Waals surface area contributed by atoms with Crippen molar-refractivity contribution in [1.82, 2.24) is 5.32 Å². The molecule has 3 N–H and O–H groups in total. The maximum atomic E-state index is 13.7. The van der Waals surface area contributed by atoms with E-state index >= 15 is 0 Å². The zero-order chi connectivity index (χ0) is 47.0. The van der Waals surface area contributed by atoms with Gasteiger partial charge in [0.2, 0.25) is 10.1 Å². The van der Waals surface area contributed by atoms with Gasteiger partial charge in [-0.3, -0.25) is 0 Å². The fourth-order valence-electron chi connectivity index (χ4n) is 7.62. The van der Waals surface area contributed by atoms with Crippen LogP contribution >= 0.6 is 34.8 Å². The number of hydrogen-bond acceptors (Lipinski definition) is 13. The van der Waals surface area contributed by atoms with Gasteiger partial charge in [0, 0.05) is 0 Å². The molecule has 0 spiro atoms. The molecule has 17 heteroatoms. The normalized spacial score (nSPS) is 25.2. The van der Waals surface area contributed by atoms with Crippen LogP contribution in [0.4, 0.5) is 4.79 Å². The summed E-state index contributed by atoms with van der Waals surface area (Å²) in [5, 5.41) is 25.9. The van der Waals surface area contributed by atoms with Crippen molar-refractivity contribution < 1.29 is 62.4 Å². The minimum Gasteiger partial charge on any atom is -0.497 e. The first-order valence-electron chi connectivity index (χ1n) is 21.7. The zero-order valence-electron chi connectivity index (χ0n) is 36.6. The fraction of sp³-hybridized carbons (Fsp3) is 0.380. The summed E-state index contributed by atoms with van der Waals surface area (Å²) in [6.45, 7) is -0.827. The second-order valence-corrected chi connectivity index (χ2v) is 18.3. The summed E-state index contributed by atoms with van der Waals surface area (Å²) in [5.74, 6) is 0.942. The minimum atomic E-state index is -1.92. The monoisotopic (exact) mass is 981 g/mol. The standard InChI is InChI=1S/C50H54Cl3NO13/c1-58-37-22-24-38(25-23-37)64-47-41(54-49(57)63-32-50(51,52)53)45(61-29-35-18-10-4-11-19-35)44(40(66-47)31-59-27-33-14-6-2-7-15-33)67-48-46(62-30-36-20-12-5-13-21-36)42(56)43(39(26-55)65-48)60-28-34-16-8-3-9-17-34/h2-25,39-48,55-56H,26-32H2,1H3,(H,54,57)/t39-,40-,41-,42+,43-,44-,45-,46+,47-,48+/m1/s1. The molecule has 0 aromatic heterocycles. The third-order valence-corrected chi connectivity index (χ3v) is 11.3. The summed E-state index contributed by atoms with van der Waals surface area (Å²) >= 11 is 17.9. The number of alkyl carbamates (subject to hydrolysis) is 1. The Balaban J connectivity index is 1.27. The van der Waals surface area contributed by atoms with Crippen LogP contribution in [0.5, 0.6) is 11.5 Å². The molecule has 7 rings (SSSR count). The molecule has 1 amide bonds. The number of carbonyl (C=O) groups excluding carboxylic acids is 1. The van der Waals surface area contributed by atoms with E-state index in [4.69, 9.17) is 82.2 Å². The van der Waals surface area contributed by atoms with Gasteiger partial charge >= 0.3 is 6.09 Å². The fourth-order valence-corrected chi connectivity index (χ4v) is 7.79. The summed E-state index contributed by atoms with van der Waals surface area (Å²) in [6.07, 6.45) is -11.8. The summed E-state index contributed by atoms with van der Waals surface area (Å²) < 4.78 is 61.5. The van der Waals surface area contributed by atoms with E-state index in [2.05, 4.69) is 5.32 Å². The molecule has 10 atom stereocenters. The molecule has 2 fully saturated rings. The van der Waals surface area contributed by atoms with E-state index in [1.165, 1.54) is 0 Å². The maximum absolute atomic E-state index is 13.7. The van der Waals surface area contributed by atoms with Gasteiger partial charge in [0.1, 0.15) is 66.9 Å².